The molecule has 8 nitrogen and oxygen atoms in total. The molecule has 2 aromatic carbocycles. The molecular formula is C29H25Cl3N4O4. The molecular weight excluding hydrogens is 575 g/mol. The number of aldehydes is 1. The third-order valence-electron chi connectivity index (χ3n) is 8.13. The van der Waals surface area contributed by atoms with E-state index in [1.54, 1.807) is 18.2 Å². The van der Waals surface area contributed by atoms with E-state index in [9.17, 15) is 4.79 Å². The summed E-state index contributed by atoms with van der Waals surface area (Å²) in [5, 5.41) is 14.4. The number of benzene rings is 2. The zero-order chi connectivity index (χ0) is 27.4. The molecule has 2 atom stereocenters. The minimum atomic E-state index is 0.0716. The monoisotopic (exact) mass is 598 g/mol. The van der Waals surface area contributed by atoms with Gasteiger partial charge in [-0.1, -0.05) is 51.1 Å². The van der Waals surface area contributed by atoms with Crippen molar-refractivity contribution in [3.05, 3.63) is 68.4 Å². The van der Waals surface area contributed by atoms with Gasteiger partial charge in [-0.2, -0.15) is 0 Å². The maximum atomic E-state index is 11.1. The molecule has 3 fully saturated rings. The van der Waals surface area contributed by atoms with E-state index in [1.807, 2.05) is 18.2 Å². The number of hydrogen-bond acceptors (Lipinski definition) is 8. The quantitative estimate of drug-likeness (QED) is 0.190. The van der Waals surface area contributed by atoms with Crippen molar-refractivity contribution in [3.63, 3.8) is 0 Å². The van der Waals surface area contributed by atoms with E-state index in [4.69, 9.17) is 48.5 Å². The van der Waals surface area contributed by atoms with Crippen LogP contribution in [0.4, 0.5) is 6.01 Å². The Morgan fingerprint density at radius 2 is 1.73 bits per heavy atom. The number of halogens is 3. The van der Waals surface area contributed by atoms with Crippen LogP contribution in [0.1, 0.15) is 66.1 Å². The van der Waals surface area contributed by atoms with Gasteiger partial charge in [-0.3, -0.25) is 4.79 Å². The van der Waals surface area contributed by atoms with Crippen LogP contribution in [-0.2, 0) is 11.3 Å². The smallest absolute Gasteiger partial charge is 0.318 e. The van der Waals surface area contributed by atoms with Gasteiger partial charge in [0, 0.05) is 40.3 Å². The minimum Gasteiger partial charge on any atom is -0.403 e. The first-order valence-electron chi connectivity index (χ1n) is 13.4. The molecule has 2 aromatic heterocycles. The van der Waals surface area contributed by atoms with Crippen molar-refractivity contribution >= 4 is 47.1 Å². The lowest BCUT2D eigenvalue weighted by Crippen LogP contribution is -2.45. The van der Waals surface area contributed by atoms with Crippen LogP contribution >= 0.6 is 34.8 Å². The average molecular weight is 600 g/mol. The van der Waals surface area contributed by atoms with Gasteiger partial charge in [0.15, 0.2) is 6.29 Å². The molecule has 0 radical (unpaired) electrons. The Morgan fingerprint density at radius 1 is 0.975 bits per heavy atom. The summed E-state index contributed by atoms with van der Waals surface area (Å²) in [7, 11) is 0. The highest BCUT2D eigenvalue weighted by molar-refractivity contribution is 6.39. The first kappa shape index (κ1) is 26.0. The average Bonchev–Trinajstić information content (AvgIpc) is 3.41. The molecule has 0 amide bonds. The van der Waals surface area contributed by atoms with E-state index < -0.39 is 0 Å². The largest absolute Gasteiger partial charge is 0.403 e. The first-order valence-corrected chi connectivity index (χ1v) is 14.5. The first-order chi connectivity index (χ1) is 19.5. The molecule has 7 rings (SSSR count). The van der Waals surface area contributed by atoms with E-state index in [0.29, 0.717) is 61.9 Å². The molecule has 2 saturated heterocycles. The lowest BCUT2D eigenvalue weighted by atomic mass is 10.00. The molecule has 2 aliphatic heterocycles. The van der Waals surface area contributed by atoms with Gasteiger partial charge in [-0.05, 0) is 68.9 Å². The third-order valence-corrected chi connectivity index (χ3v) is 9.09. The second kappa shape index (κ2) is 10.5. The number of carbonyl (C=O) groups is 1. The number of fused-ring (bicyclic) bond motifs is 2. The molecule has 2 bridgehead atoms. The van der Waals surface area contributed by atoms with Gasteiger partial charge in [0.1, 0.15) is 11.5 Å². The Balaban J connectivity index is 1.07. The van der Waals surface area contributed by atoms with E-state index in [2.05, 4.69) is 20.3 Å². The molecule has 1 saturated carbocycles. The van der Waals surface area contributed by atoms with Gasteiger partial charge < -0.3 is 18.6 Å². The number of anilines is 1. The number of carbonyl (C=O) groups excluding carboxylic acids is 1. The minimum absolute atomic E-state index is 0.0716. The summed E-state index contributed by atoms with van der Waals surface area (Å²) in [4.78, 5) is 13.3. The van der Waals surface area contributed by atoms with Crippen molar-refractivity contribution in [3.8, 4) is 22.7 Å². The fourth-order valence-corrected chi connectivity index (χ4v) is 6.82. The second-order valence-corrected chi connectivity index (χ2v) is 11.9. The van der Waals surface area contributed by atoms with Crippen molar-refractivity contribution in [1.82, 2.24) is 15.4 Å². The lowest BCUT2D eigenvalue weighted by molar-refractivity contribution is 0.0139. The van der Waals surface area contributed by atoms with Gasteiger partial charge >= 0.3 is 6.01 Å². The zero-order valence-electron chi connectivity index (χ0n) is 21.4. The number of nitrogens with zero attached hydrogens (tertiary/aromatic N) is 4. The molecule has 11 heteroatoms. The number of aromatic nitrogens is 3. The lowest BCUT2D eigenvalue weighted by Gasteiger charge is -2.37. The van der Waals surface area contributed by atoms with Crippen molar-refractivity contribution < 1.29 is 18.5 Å². The van der Waals surface area contributed by atoms with Gasteiger partial charge in [0.25, 0.3) is 0 Å². The van der Waals surface area contributed by atoms with Gasteiger partial charge in [-0.25, -0.2) is 0 Å². The topological polar surface area (TPSA) is 94.5 Å². The van der Waals surface area contributed by atoms with Crippen LogP contribution in [0.2, 0.25) is 15.1 Å². The third kappa shape index (κ3) is 4.71. The Kier molecular flexibility index (Phi) is 6.82. The van der Waals surface area contributed by atoms with Crippen LogP contribution in [0.3, 0.4) is 0 Å². The van der Waals surface area contributed by atoms with Gasteiger partial charge in [0.2, 0.25) is 5.89 Å². The summed E-state index contributed by atoms with van der Waals surface area (Å²) in [5.74, 6) is 1.62. The summed E-state index contributed by atoms with van der Waals surface area (Å²) < 4.78 is 18.4. The highest BCUT2D eigenvalue weighted by Gasteiger charge is 2.44. The molecule has 1 aliphatic carbocycles. The van der Waals surface area contributed by atoms with E-state index >= 15 is 0 Å². The summed E-state index contributed by atoms with van der Waals surface area (Å²) in [6.07, 6.45) is 6.72. The van der Waals surface area contributed by atoms with Crippen LogP contribution < -0.4 is 4.90 Å². The van der Waals surface area contributed by atoms with Crippen LogP contribution in [0.5, 0.6) is 0 Å². The normalized spacial score (nSPS) is 22.2. The number of piperidine rings is 1. The van der Waals surface area contributed by atoms with Gasteiger partial charge in [0.05, 0.1) is 27.8 Å². The van der Waals surface area contributed by atoms with Crippen LogP contribution in [0.15, 0.2) is 45.3 Å². The standard InChI is InChI=1S/C29H25Cl3N4O4/c30-22-2-1-3-23(31)25(22)26-21(27(40-35-26)15-4-5-15)14-38-20-11-18-8-9-19(12-20)36(18)29-34-33-28(39-29)16-6-7-17(13-37)24(32)10-16/h1-3,6-7,10,13,15,18-20H,4-5,8-9,11-12,14H2. The molecule has 0 spiro atoms. The molecule has 3 aliphatic rings. The fraction of sp³-hybridized carbons (Fsp3) is 0.379. The molecule has 40 heavy (non-hydrogen) atoms. The highest BCUT2D eigenvalue weighted by Crippen LogP contribution is 2.47. The zero-order valence-corrected chi connectivity index (χ0v) is 23.6. The second-order valence-electron chi connectivity index (χ2n) is 10.7. The summed E-state index contributed by atoms with van der Waals surface area (Å²) >= 11 is 19.2. The maximum Gasteiger partial charge on any atom is 0.318 e. The van der Waals surface area contributed by atoms with E-state index in [1.165, 1.54) is 0 Å². The van der Waals surface area contributed by atoms with Crippen molar-refractivity contribution in [1.29, 1.82) is 0 Å². The molecule has 2 unspecified atom stereocenters. The Bertz CT molecular complexity index is 1550. The summed E-state index contributed by atoms with van der Waals surface area (Å²) in [6, 6.07) is 11.5. The highest BCUT2D eigenvalue weighted by atomic mass is 35.5. The van der Waals surface area contributed by atoms with E-state index in [-0.39, 0.29) is 18.2 Å². The summed E-state index contributed by atoms with van der Waals surface area (Å²) in [5.41, 5.74) is 3.38. The Hall–Kier alpha value is -2.91. The predicted octanol–water partition coefficient (Wildman–Crippen LogP) is 7.76. The fourth-order valence-electron chi connectivity index (χ4n) is 6.02. The molecule has 206 valence electrons. The molecule has 4 aromatic rings. The molecule has 0 N–H and O–H groups in total. The van der Waals surface area contributed by atoms with E-state index in [0.717, 1.165) is 56.1 Å². The summed E-state index contributed by atoms with van der Waals surface area (Å²) in [6.45, 7) is 0.387. The number of rotatable bonds is 8. The van der Waals surface area contributed by atoms with Crippen LogP contribution in [-0.4, -0.2) is 39.8 Å². The maximum absolute atomic E-state index is 11.1. The SMILES string of the molecule is O=Cc1ccc(-c2nnc(N3C4CCC3CC(OCc3c(-c5c(Cl)cccc5Cl)noc3C3CC3)C4)o2)cc1Cl. The van der Waals surface area contributed by atoms with Crippen molar-refractivity contribution in [2.75, 3.05) is 4.90 Å². The van der Waals surface area contributed by atoms with Crippen LogP contribution in [0.25, 0.3) is 22.7 Å². The van der Waals surface area contributed by atoms with Crippen molar-refractivity contribution in [2.45, 2.75) is 69.2 Å². The van der Waals surface area contributed by atoms with Gasteiger partial charge in [-0.15, -0.1) is 5.10 Å². The number of hydrogen-bond donors (Lipinski definition) is 0. The number of ether oxygens (including phenoxy) is 1. The Labute approximate surface area is 245 Å². The predicted molar refractivity (Wildman–Crippen MR) is 151 cm³/mol. The van der Waals surface area contributed by atoms with Crippen LogP contribution in [0, 0.1) is 0 Å². The Morgan fingerprint density at radius 3 is 2.40 bits per heavy atom. The molecule has 4 heterocycles. The van der Waals surface area contributed by atoms with Crippen molar-refractivity contribution in [2.24, 2.45) is 0 Å².